The van der Waals surface area contributed by atoms with E-state index in [4.69, 9.17) is 5.73 Å². The Morgan fingerprint density at radius 2 is 2.10 bits per heavy atom. The summed E-state index contributed by atoms with van der Waals surface area (Å²) < 4.78 is 1.60. The summed E-state index contributed by atoms with van der Waals surface area (Å²) in [5, 5.41) is 7.03. The Balaban J connectivity index is 2.11. The molecule has 0 bridgehead atoms. The van der Waals surface area contributed by atoms with Gasteiger partial charge in [-0.3, -0.25) is 4.79 Å². The molecule has 1 amide bonds. The zero-order valence-corrected chi connectivity index (χ0v) is 11.6. The van der Waals surface area contributed by atoms with Gasteiger partial charge in [0.15, 0.2) is 5.69 Å². The SMILES string of the molecule is CC(C)=CCNC(=O)c1ccn(-c2ccccc2N)n1. The van der Waals surface area contributed by atoms with Crippen molar-refractivity contribution < 1.29 is 4.79 Å². The molecule has 2 aromatic rings. The van der Waals surface area contributed by atoms with E-state index in [1.54, 1.807) is 23.0 Å². The third kappa shape index (κ3) is 3.26. The first-order chi connectivity index (χ1) is 9.58. The molecule has 1 aromatic carbocycles. The second-order valence-corrected chi connectivity index (χ2v) is 4.70. The number of benzene rings is 1. The maximum atomic E-state index is 11.9. The summed E-state index contributed by atoms with van der Waals surface area (Å²) in [5.41, 5.74) is 8.79. The number of hydrogen-bond acceptors (Lipinski definition) is 3. The molecule has 5 heteroatoms. The standard InChI is InChI=1S/C15H18N4O/c1-11(2)7-9-17-15(20)13-8-10-19(18-13)14-6-4-3-5-12(14)16/h3-8,10H,9,16H2,1-2H3,(H,17,20). The number of para-hydroxylation sites is 2. The van der Waals surface area contributed by atoms with Crippen molar-refractivity contribution in [2.75, 3.05) is 12.3 Å². The Hall–Kier alpha value is -2.56. The van der Waals surface area contributed by atoms with Crippen molar-refractivity contribution in [3.63, 3.8) is 0 Å². The van der Waals surface area contributed by atoms with Gasteiger partial charge in [0.1, 0.15) is 0 Å². The van der Waals surface area contributed by atoms with Gasteiger partial charge >= 0.3 is 0 Å². The summed E-state index contributed by atoms with van der Waals surface area (Å²) in [6, 6.07) is 9.06. The first kappa shape index (κ1) is 13.9. The minimum absolute atomic E-state index is 0.198. The second kappa shape index (κ2) is 6.06. The van der Waals surface area contributed by atoms with Gasteiger partial charge in [0.25, 0.3) is 5.91 Å². The van der Waals surface area contributed by atoms with Crippen LogP contribution in [0.4, 0.5) is 5.69 Å². The molecule has 0 aliphatic carbocycles. The molecule has 0 unspecified atom stereocenters. The Labute approximate surface area is 118 Å². The highest BCUT2D eigenvalue weighted by atomic mass is 16.1. The van der Waals surface area contributed by atoms with Crippen LogP contribution in [0.2, 0.25) is 0 Å². The number of nitrogens with zero attached hydrogens (tertiary/aromatic N) is 2. The number of carbonyl (C=O) groups excluding carboxylic acids is 1. The molecule has 20 heavy (non-hydrogen) atoms. The third-order valence-corrected chi connectivity index (χ3v) is 2.78. The molecule has 1 aromatic heterocycles. The van der Waals surface area contributed by atoms with E-state index in [1.807, 2.05) is 38.1 Å². The molecule has 0 radical (unpaired) electrons. The van der Waals surface area contributed by atoms with Crippen LogP contribution in [0.5, 0.6) is 0 Å². The summed E-state index contributed by atoms with van der Waals surface area (Å²) in [5.74, 6) is -0.198. The van der Waals surface area contributed by atoms with Gasteiger partial charge < -0.3 is 11.1 Å². The van der Waals surface area contributed by atoms with E-state index in [-0.39, 0.29) is 5.91 Å². The van der Waals surface area contributed by atoms with Crippen molar-refractivity contribution in [2.24, 2.45) is 0 Å². The highest BCUT2D eigenvalue weighted by Crippen LogP contribution is 2.15. The first-order valence-corrected chi connectivity index (χ1v) is 6.40. The lowest BCUT2D eigenvalue weighted by Gasteiger charge is -2.04. The van der Waals surface area contributed by atoms with E-state index < -0.39 is 0 Å². The molecule has 5 nitrogen and oxygen atoms in total. The molecule has 0 fully saturated rings. The Bertz CT molecular complexity index is 639. The second-order valence-electron chi connectivity index (χ2n) is 4.70. The summed E-state index contributed by atoms with van der Waals surface area (Å²) >= 11 is 0. The molecule has 0 aliphatic heterocycles. The van der Waals surface area contributed by atoms with Gasteiger partial charge in [0.2, 0.25) is 0 Å². The quantitative estimate of drug-likeness (QED) is 0.660. The summed E-state index contributed by atoms with van der Waals surface area (Å²) in [6.07, 6.45) is 3.67. The first-order valence-electron chi connectivity index (χ1n) is 6.40. The van der Waals surface area contributed by atoms with Gasteiger partial charge in [-0.25, -0.2) is 4.68 Å². The molecule has 104 valence electrons. The Kier molecular flexibility index (Phi) is 4.20. The molecule has 0 spiro atoms. The number of allylic oxidation sites excluding steroid dienone is 1. The van der Waals surface area contributed by atoms with Crippen molar-refractivity contribution in [1.82, 2.24) is 15.1 Å². The predicted octanol–water partition coefficient (Wildman–Crippen LogP) is 2.15. The lowest BCUT2D eigenvalue weighted by molar-refractivity contribution is 0.0952. The number of anilines is 1. The number of hydrogen-bond donors (Lipinski definition) is 2. The maximum absolute atomic E-state index is 11.9. The number of carbonyl (C=O) groups is 1. The third-order valence-electron chi connectivity index (χ3n) is 2.78. The average molecular weight is 270 g/mol. The number of amides is 1. The van der Waals surface area contributed by atoms with E-state index in [0.29, 0.717) is 17.9 Å². The van der Waals surface area contributed by atoms with Gasteiger partial charge in [0.05, 0.1) is 11.4 Å². The minimum atomic E-state index is -0.198. The summed E-state index contributed by atoms with van der Waals surface area (Å²) in [4.78, 5) is 11.9. The lowest BCUT2D eigenvalue weighted by Crippen LogP contribution is -2.24. The fraction of sp³-hybridized carbons (Fsp3) is 0.200. The molecule has 0 saturated heterocycles. The molecular weight excluding hydrogens is 252 g/mol. The number of nitrogens with one attached hydrogen (secondary N) is 1. The van der Waals surface area contributed by atoms with Gasteiger partial charge in [-0.15, -0.1) is 0 Å². The molecule has 0 aliphatic rings. The molecule has 3 N–H and O–H groups in total. The van der Waals surface area contributed by atoms with E-state index in [9.17, 15) is 4.79 Å². The highest BCUT2D eigenvalue weighted by Gasteiger charge is 2.10. The van der Waals surface area contributed by atoms with E-state index in [1.165, 1.54) is 0 Å². The van der Waals surface area contributed by atoms with Crippen molar-refractivity contribution in [1.29, 1.82) is 0 Å². The smallest absolute Gasteiger partial charge is 0.272 e. The van der Waals surface area contributed by atoms with Crippen LogP contribution in [0.3, 0.4) is 0 Å². The molecule has 0 atom stereocenters. The average Bonchev–Trinajstić information content (AvgIpc) is 2.88. The summed E-state index contributed by atoms with van der Waals surface area (Å²) in [7, 11) is 0. The maximum Gasteiger partial charge on any atom is 0.272 e. The normalized spacial score (nSPS) is 10.1. The Morgan fingerprint density at radius 3 is 2.80 bits per heavy atom. The molecule has 1 heterocycles. The van der Waals surface area contributed by atoms with Crippen molar-refractivity contribution >= 4 is 11.6 Å². The van der Waals surface area contributed by atoms with Crippen molar-refractivity contribution in [3.8, 4) is 5.69 Å². The number of rotatable bonds is 4. The number of aromatic nitrogens is 2. The van der Waals surface area contributed by atoms with Crippen molar-refractivity contribution in [2.45, 2.75) is 13.8 Å². The highest BCUT2D eigenvalue weighted by molar-refractivity contribution is 5.92. The van der Waals surface area contributed by atoms with Crippen LogP contribution in [-0.2, 0) is 0 Å². The van der Waals surface area contributed by atoms with Gasteiger partial charge in [0, 0.05) is 12.7 Å². The molecular formula is C15H18N4O. The van der Waals surface area contributed by atoms with Gasteiger partial charge in [-0.2, -0.15) is 5.10 Å². The number of nitrogen functional groups attached to an aromatic ring is 1. The zero-order chi connectivity index (χ0) is 14.5. The van der Waals surface area contributed by atoms with Gasteiger partial charge in [-0.05, 0) is 32.0 Å². The van der Waals surface area contributed by atoms with E-state index >= 15 is 0 Å². The van der Waals surface area contributed by atoms with E-state index in [0.717, 1.165) is 11.3 Å². The van der Waals surface area contributed by atoms with Gasteiger partial charge in [-0.1, -0.05) is 23.8 Å². The largest absolute Gasteiger partial charge is 0.397 e. The van der Waals surface area contributed by atoms with Crippen LogP contribution in [0, 0.1) is 0 Å². The fourth-order valence-electron chi connectivity index (χ4n) is 1.71. The van der Waals surface area contributed by atoms with Crippen LogP contribution >= 0.6 is 0 Å². The Morgan fingerprint density at radius 1 is 1.35 bits per heavy atom. The number of nitrogens with two attached hydrogens (primary N) is 1. The minimum Gasteiger partial charge on any atom is -0.397 e. The van der Waals surface area contributed by atoms with Crippen LogP contribution in [-0.4, -0.2) is 22.2 Å². The lowest BCUT2D eigenvalue weighted by atomic mass is 10.3. The van der Waals surface area contributed by atoms with Crippen LogP contribution in [0.1, 0.15) is 24.3 Å². The molecule has 2 rings (SSSR count). The van der Waals surface area contributed by atoms with E-state index in [2.05, 4.69) is 10.4 Å². The van der Waals surface area contributed by atoms with Crippen LogP contribution in [0.15, 0.2) is 48.2 Å². The van der Waals surface area contributed by atoms with Crippen LogP contribution < -0.4 is 11.1 Å². The van der Waals surface area contributed by atoms with Crippen LogP contribution in [0.25, 0.3) is 5.69 Å². The predicted molar refractivity (Wildman–Crippen MR) is 79.7 cm³/mol. The summed E-state index contributed by atoms with van der Waals surface area (Å²) in [6.45, 7) is 4.47. The van der Waals surface area contributed by atoms with Crippen molar-refractivity contribution in [3.05, 3.63) is 53.9 Å². The monoisotopic (exact) mass is 270 g/mol. The molecule has 0 saturated carbocycles. The fourth-order valence-corrected chi connectivity index (χ4v) is 1.71. The zero-order valence-electron chi connectivity index (χ0n) is 11.6. The topological polar surface area (TPSA) is 72.9 Å².